The predicted molar refractivity (Wildman–Crippen MR) is 84.6 cm³/mol. The van der Waals surface area contributed by atoms with Gasteiger partial charge in [0, 0.05) is 12.5 Å². The first-order valence-corrected chi connectivity index (χ1v) is 7.18. The van der Waals surface area contributed by atoms with Gasteiger partial charge in [0.2, 0.25) is 0 Å². The molecule has 0 radical (unpaired) electrons. The molecule has 0 spiro atoms. The van der Waals surface area contributed by atoms with Gasteiger partial charge in [-0.25, -0.2) is 9.98 Å². The van der Waals surface area contributed by atoms with E-state index in [9.17, 15) is 5.11 Å². The van der Waals surface area contributed by atoms with Crippen LogP contribution in [0.15, 0.2) is 52.9 Å². The molecule has 0 bridgehead atoms. The Morgan fingerprint density at radius 1 is 1.14 bits per heavy atom. The summed E-state index contributed by atoms with van der Waals surface area (Å²) in [4.78, 5) is 13.4. The molecule has 2 atom stereocenters. The maximum atomic E-state index is 10.5. The number of rotatable bonds is 1. The highest BCUT2D eigenvalue weighted by Crippen LogP contribution is 2.35. The highest BCUT2D eigenvalue weighted by molar-refractivity contribution is 5.84. The van der Waals surface area contributed by atoms with Crippen LogP contribution in [-0.4, -0.2) is 33.1 Å². The maximum absolute atomic E-state index is 10.5. The standard InChI is InChI=1S/C17H15N3O2/c1-9-16-15(22-10(2)19-16)7-11(17(9)21)14-8-18-12-5-3-4-6-13(12)20-14/h3-8,15-16,21H,1-2H3. The third-order valence-electron chi connectivity index (χ3n) is 4.07. The molecule has 0 saturated heterocycles. The van der Waals surface area contributed by atoms with Crippen molar-refractivity contribution < 1.29 is 9.84 Å². The van der Waals surface area contributed by atoms with Crippen molar-refractivity contribution in [3.05, 3.63) is 53.6 Å². The van der Waals surface area contributed by atoms with Gasteiger partial charge in [0.1, 0.15) is 17.9 Å². The monoisotopic (exact) mass is 293 g/mol. The minimum absolute atomic E-state index is 0.142. The van der Waals surface area contributed by atoms with Gasteiger partial charge in [0.25, 0.3) is 0 Å². The maximum Gasteiger partial charge on any atom is 0.181 e. The second-order valence-corrected chi connectivity index (χ2v) is 5.53. The van der Waals surface area contributed by atoms with E-state index >= 15 is 0 Å². The fourth-order valence-corrected chi connectivity index (χ4v) is 2.92. The van der Waals surface area contributed by atoms with E-state index in [1.807, 2.05) is 44.2 Å². The smallest absolute Gasteiger partial charge is 0.181 e. The first-order chi connectivity index (χ1) is 10.6. The summed E-state index contributed by atoms with van der Waals surface area (Å²) in [5, 5.41) is 10.5. The molecule has 2 aliphatic rings. The Morgan fingerprint density at radius 2 is 1.91 bits per heavy atom. The Morgan fingerprint density at radius 3 is 2.73 bits per heavy atom. The molecule has 1 N–H and O–H groups in total. The van der Waals surface area contributed by atoms with Crippen LogP contribution in [0.2, 0.25) is 0 Å². The van der Waals surface area contributed by atoms with Crippen molar-refractivity contribution in [1.29, 1.82) is 0 Å². The number of para-hydroxylation sites is 2. The fourth-order valence-electron chi connectivity index (χ4n) is 2.92. The van der Waals surface area contributed by atoms with E-state index in [1.54, 1.807) is 6.20 Å². The normalized spacial score (nSPS) is 23.9. The van der Waals surface area contributed by atoms with Crippen molar-refractivity contribution in [2.24, 2.45) is 4.99 Å². The van der Waals surface area contributed by atoms with Gasteiger partial charge < -0.3 is 9.84 Å². The molecule has 1 aliphatic carbocycles. The number of hydrogen-bond acceptors (Lipinski definition) is 5. The Kier molecular flexibility index (Phi) is 2.76. The summed E-state index contributed by atoms with van der Waals surface area (Å²) in [5.41, 5.74) is 3.73. The molecule has 2 heterocycles. The lowest BCUT2D eigenvalue weighted by molar-refractivity contribution is 0.244. The zero-order chi connectivity index (χ0) is 15.3. The SMILES string of the molecule is CC1=NC2C(C)=C(O)C(c3cnc4ccccc4n3)=CC2O1. The highest BCUT2D eigenvalue weighted by Gasteiger charge is 2.36. The second kappa shape index (κ2) is 4.66. The average Bonchev–Trinajstić information content (AvgIpc) is 2.91. The lowest BCUT2D eigenvalue weighted by Gasteiger charge is -2.23. The number of hydrogen-bond donors (Lipinski definition) is 1. The van der Waals surface area contributed by atoms with Crippen LogP contribution < -0.4 is 0 Å². The third kappa shape index (κ3) is 1.89. The van der Waals surface area contributed by atoms with E-state index in [1.165, 1.54) is 0 Å². The zero-order valence-electron chi connectivity index (χ0n) is 12.3. The molecule has 5 heteroatoms. The van der Waals surface area contributed by atoms with Crippen molar-refractivity contribution in [3.8, 4) is 0 Å². The molecular weight excluding hydrogens is 278 g/mol. The van der Waals surface area contributed by atoms with Gasteiger partial charge in [-0.15, -0.1) is 0 Å². The minimum Gasteiger partial charge on any atom is -0.507 e. The molecular formula is C17H15N3O2. The van der Waals surface area contributed by atoms with E-state index in [0.29, 0.717) is 17.2 Å². The first kappa shape index (κ1) is 13.0. The summed E-state index contributed by atoms with van der Waals surface area (Å²) in [6.07, 6.45) is 3.38. The van der Waals surface area contributed by atoms with Crippen LogP contribution in [0.4, 0.5) is 0 Å². The summed E-state index contributed by atoms with van der Waals surface area (Å²) in [6, 6.07) is 7.53. The number of fused-ring (bicyclic) bond motifs is 2. The number of aliphatic hydroxyl groups excluding tert-OH is 1. The topological polar surface area (TPSA) is 67.6 Å². The van der Waals surface area contributed by atoms with Crippen LogP contribution in [0.5, 0.6) is 0 Å². The minimum atomic E-state index is -0.181. The van der Waals surface area contributed by atoms with Crippen LogP contribution in [0.3, 0.4) is 0 Å². The average molecular weight is 293 g/mol. The van der Waals surface area contributed by atoms with Crippen LogP contribution in [0.25, 0.3) is 16.6 Å². The van der Waals surface area contributed by atoms with E-state index in [-0.39, 0.29) is 17.9 Å². The summed E-state index contributed by atoms with van der Waals surface area (Å²) < 4.78 is 5.70. The lowest BCUT2D eigenvalue weighted by Crippen LogP contribution is -2.26. The first-order valence-electron chi connectivity index (χ1n) is 7.18. The number of ether oxygens (including phenoxy) is 1. The molecule has 1 aromatic heterocycles. The Hall–Kier alpha value is -2.69. The molecule has 0 amide bonds. The number of allylic oxidation sites excluding steroid dienone is 1. The van der Waals surface area contributed by atoms with Crippen LogP contribution in [0.1, 0.15) is 19.5 Å². The third-order valence-corrected chi connectivity index (χ3v) is 4.07. The van der Waals surface area contributed by atoms with Gasteiger partial charge in [0.05, 0.1) is 22.9 Å². The number of benzene rings is 1. The molecule has 1 aromatic carbocycles. The van der Waals surface area contributed by atoms with Crippen molar-refractivity contribution >= 4 is 22.5 Å². The Labute approximate surface area is 127 Å². The van der Waals surface area contributed by atoms with Gasteiger partial charge in [-0.1, -0.05) is 12.1 Å². The van der Waals surface area contributed by atoms with Crippen LogP contribution >= 0.6 is 0 Å². The largest absolute Gasteiger partial charge is 0.507 e. The number of aliphatic imine (C=N–C) groups is 1. The number of nitrogens with zero attached hydrogens (tertiary/aromatic N) is 3. The lowest BCUT2D eigenvalue weighted by atomic mass is 9.91. The Bertz CT molecular complexity index is 867. The predicted octanol–water partition coefficient (Wildman–Crippen LogP) is 3.04. The van der Waals surface area contributed by atoms with Gasteiger partial charge >= 0.3 is 0 Å². The fraction of sp³-hybridized carbons (Fsp3) is 0.235. The van der Waals surface area contributed by atoms with Crippen molar-refractivity contribution in [3.63, 3.8) is 0 Å². The summed E-state index contributed by atoms with van der Waals surface area (Å²) in [6.45, 7) is 3.70. The van der Waals surface area contributed by atoms with Gasteiger partial charge in [0.15, 0.2) is 5.90 Å². The molecule has 0 fully saturated rings. The summed E-state index contributed by atoms with van der Waals surface area (Å²) >= 11 is 0. The van der Waals surface area contributed by atoms with Crippen LogP contribution in [-0.2, 0) is 4.74 Å². The zero-order valence-corrected chi connectivity index (χ0v) is 12.3. The Balaban J connectivity index is 1.82. The molecule has 2 unspecified atom stereocenters. The van der Waals surface area contributed by atoms with Crippen LogP contribution in [0, 0.1) is 0 Å². The molecule has 110 valence electrons. The number of aromatic nitrogens is 2. The molecule has 4 rings (SSSR count). The number of aliphatic hydroxyl groups is 1. The van der Waals surface area contributed by atoms with E-state index in [0.717, 1.165) is 16.6 Å². The van der Waals surface area contributed by atoms with E-state index < -0.39 is 0 Å². The quantitative estimate of drug-likeness (QED) is 0.877. The van der Waals surface area contributed by atoms with Crippen molar-refractivity contribution in [2.75, 3.05) is 0 Å². The van der Waals surface area contributed by atoms with Gasteiger partial charge in [-0.3, -0.25) is 4.98 Å². The summed E-state index contributed by atoms with van der Waals surface area (Å²) in [5.74, 6) is 0.858. The van der Waals surface area contributed by atoms with Gasteiger partial charge in [-0.2, -0.15) is 0 Å². The molecule has 0 saturated carbocycles. The van der Waals surface area contributed by atoms with Crippen molar-refractivity contribution in [2.45, 2.75) is 26.0 Å². The molecule has 2 aromatic rings. The molecule has 22 heavy (non-hydrogen) atoms. The van der Waals surface area contributed by atoms with E-state index in [2.05, 4.69) is 15.0 Å². The van der Waals surface area contributed by atoms with Gasteiger partial charge in [-0.05, 0) is 30.7 Å². The highest BCUT2D eigenvalue weighted by atomic mass is 16.5. The molecule has 5 nitrogen and oxygen atoms in total. The second-order valence-electron chi connectivity index (χ2n) is 5.53. The molecule has 1 aliphatic heterocycles. The van der Waals surface area contributed by atoms with Crippen molar-refractivity contribution in [1.82, 2.24) is 9.97 Å². The van der Waals surface area contributed by atoms with E-state index in [4.69, 9.17) is 4.74 Å². The summed E-state index contributed by atoms with van der Waals surface area (Å²) in [7, 11) is 0.